The Kier molecular flexibility index (Phi) is 2.05. The number of hydrogen-bond donors (Lipinski definition) is 1. The predicted molar refractivity (Wildman–Crippen MR) is 50.5 cm³/mol. The second-order valence-corrected chi connectivity index (χ2v) is 3.39. The molecule has 0 spiro atoms. The number of fused-ring (bicyclic) bond motifs is 1. The van der Waals surface area contributed by atoms with Gasteiger partial charge in [-0.2, -0.15) is 0 Å². The lowest BCUT2D eigenvalue weighted by Crippen LogP contribution is -2.12. The first-order valence-corrected chi connectivity index (χ1v) is 4.34. The second kappa shape index (κ2) is 3.11. The van der Waals surface area contributed by atoms with Gasteiger partial charge in [-0.05, 0) is 6.07 Å². The quantitative estimate of drug-likeness (QED) is 0.569. The molecule has 14 heavy (non-hydrogen) atoms. The molecule has 1 aromatic carbocycles. The Morgan fingerprint density at radius 1 is 1.64 bits per heavy atom. The van der Waals surface area contributed by atoms with Gasteiger partial charge in [0.2, 0.25) is 0 Å². The van der Waals surface area contributed by atoms with Crippen LogP contribution < -0.4 is 10.5 Å². The summed E-state index contributed by atoms with van der Waals surface area (Å²) in [5.74, 6) is 0.341. The molecule has 1 aromatic rings. The van der Waals surface area contributed by atoms with Crippen molar-refractivity contribution >= 4 is 17.3 Å². The second-order valence-electron chi connectivity index (χ2n) is 2.98. The maximum atomic E-state index is 10.7. The van der Waals surface area contributed by atoms with Crippen LogP contribution in [0.15, 0.2) is 12.1 Å². The third-order valence-corrected chi connectivity index (χ3v) is 2.40. The predicted octanol–water partition coefficient (Wildman–Crippen LogP) is 1.64. The lowest BCUT2D eigenvalue weighted by atomic mass is 10.1. The zero-order chi connectivity index (χ0) is 10.3. The van der Waals surface area contributed by atoms with E-state index in [0.717, 1.165) is 0 Å². The number of nitro benzene ring substituents is 1. The molecule has 0 saturated carbocycles. The molecule has 1 atom stereocenters. The van der Waals surface area contributed by atoms with Crippen molar-refractivity contribution < 1.29 is 9.66 Å². The Bertz CT molecular complexity index is 408. The van der Waals surface area contributed by atoms with Gasteiger partial charge in [0.25, 0.3) is 5.69 Å². The van der Waals surface area contributed by atoms with Gasteiger partial charge in [0.1, 0.15) is 12.4 Å². The average molecular weight is 215 g/mol. The molecule has 1 aliphatic heterocycles. The lowest BCUT2D eigenvalue weighted by Gasteiger charge is -2.03. The van der Waals surface area contributed by atoms with Gasteiger partial charge in [0.15, 0.2) is 0 Å². The van der Waals surface area contributed by atoms with Crippen molar-refractivity contribution in [3.8, 4) is 5.75 Å². The molecule has 0 unspecified atom stereocenters. The molecule has 0 saturated heterocycles. The Morgan fingerprint density at radius 3 is 3.00 bits per heavy atom. The van der Waals surface area contributed by atoms with Crippen LogP contribution in [-0.2, 0) is 0 Å². The smallest absolute Gasteiger partial charge is 0.278 e. The summed E-state index contributed by atoms with van der Waals surface area (Å²) in [4.78, 5) is 10.2. The van der Waals surface area contributed by atoms with Gasteiger partial charge in [-0.3, -0.25) is 10.1 Å². The van der Waals surface area contributed by atoms with Crippen LogP contribution in [-0.4, -0.2) is 11.5 Å². The van der Waals surface area contributed by atoms with E-state index in [1.807, 2.05) is 0 Å². The van der Waals surface area contributed by atoms with Crippen LogP contribution in [0.25, 0.3) is 0 Å². The SMILES string of the molecule is N[C@@H]1COc2c(Cl)ccc([N+](=O)[O-])c21. The molecule has 2 N–H and O–H groups in total. The minimum atomic E-state index is -0.482. The Morgan fingerprint density at radius 2 is 2.36 bits per heavy atom. The van der Waals surface area contributed by atoms with Crippen molar-refractivity contribution in [1.29, 1.82) is 0 Å². The Labute approximate surface area is 84.6 Å². The number of nitrogens with two attached hydrogens (primary N) is 1. The van der Waals surface area contributed by atoms with Gasteiger partial charge in [-0.15, -0.1) is 0 Å². The summed E-state index contributed by atoms with van der Waals surface area (Å²) in [6.07, 6.45) is 0. The van der Waals surface area contributed by atoms with Crippen molar-refractivity contribution in [2.75, 3.05) is 6.61 Å². The molecule has 0 amide bonds. The first-order chi connectivity index (χ1) is 6.61. The van der Waals surface area contributed by atoms with Crippen LogP contribution in [0.5, 0.6) is 5.75 Å². The summed E-state index contributed by atoms with van der Waals surface area (Å²) in [6, 6.07) is 2.32. The van der Waals surface area contributed by atoms with E-state index in [2.05, 4.69) is 0 Å². The van der Waals surface area contributed by atoms with E-state index in [0.29, 0.717) is 16.3 Å². The molecule has 0 aromatic heterocycles. The van der Waals surface area contributed by atoms with Gasteiger partial charge in [0, 0.05) is 6.07 Å². The fraction of sp³-hybridized carbons (Fsp3) is 0.250. The lowest BCUT2D eigenvalue weighted by molar-refractivity contribution is -0.385. The number of hydrogen-bond acceptors (Lipinski definition) is 4. The molecule has 1 aliphatic rings. The molecule has 74 valence electrons. The monoisotopic (exact) mass is 214 g/mol. The molecule has 0 bridgehead atoms. The van der Waals surface area contributed by atoms with E-state index in [9.17, 15) is 10.1 Å². The molecule has 6 heteroatoms. The maximum absolute atomic E-state index is 10.7. The van der Waals surface area contributed by atoms with E-state index in [1.54, 1.807) is 0 Å². The largest absolute Gasteiger partial charge is 0.489 e. The normalized spacial score (nSPS) is 18.9. The number of benzene rings is 1. The summed E-state index contributed by atoms with van der Waals surface area (Å²) in [7, 11) is 0. The molecular weight excluding hydrogens is 208 g/mol. The van der Waals surface area contributed by atoms with E-state index in [4.69, 9.17) is 22.1 Å². The topological polar surface area (TPSA) is 78.4 Å². The third kappa shape index (κ3) is 1.21. The number of rotatable bonds is 1. The molecule has 0 fully saturated rings. The number of ether oxygens (including phenoxy) is 1. The van der Waals surface area contributed by atoms with Crippen LogP contribution in [0, 0.1) is 10.1 Å². The minimum Gasteiger partial charge on any atom is -0.489 e. The molecule has 2 rings (SSSR count). The fourth-order valence-electron chi connectivity index (χ4n) is 1.48. The van der Waals surface area contributed by atoms with E-state index in [1.165, 1.54) is 12.1 Å². The van der Waals surface area contributed by atoms with E-state index in [-0.39, 0.29) is 12.3 Å². The summed E-state index contributed by atoms with van der Waals surface area (Å²) in [6.45, 7) is 0.236. The van der Waals surface area contributed by atoms with Crippen molar-refractivity contribution in [1.82, 2.24) is 0 Å². The number of nitro groups is 1. The van der Waals surface area contributed by atoms with Crippen LogP contribution in [0.1, 0.15) is 11.6 Å². The van der Waals surface area contributed by atoms with Gasteiger partial charge in [-0.1, -0.05) is 11.6 Å². The highest BCUT2D eigenvalue weighted by Gasteiger charge is 2.31. The van der Waals surface area contributed by atoms with E-state index < -0.39 is 11.0 Å². The highest BCUT2D eigenvalue weighted by Crippen LogP contribution is 2.42. The number of nitrogens with zero attached hydrogens (tertiary/aromatic N) is 1. The average Bonchev–Trinajstić information content (AvgIpc) is 2.50. The Hall–Kier alpha value is -1.33. The first kappa shape index (κ1) is 9.23. The third-order valence-electron chi connectivity index (χ3n) is 2.10. The minimum absolute atomic E-state index is 0.0330. The summed E-state index contributed by atoms with van der Waals surface area (Å²) in [5, 5.41) is 11.0. The van der Waals surface area contributed by atoms with Gasteiger partial charge in [0.05, 0.1) is 21.6 Å². The summed E-state index contributed by atoms with van der Waals surface area (Å²) >= 11 is 5.81. The van der Waals surface area contributed by atoms with Crippen molar-refractivity contribution in [2.45, 2.75) is 6.04 Å². The standard InChI is InChI=1S/C8H7ClN2O3/c9-4-1-2-6(11(12)13)7-5(10)3-14-8(4)7/h1-2,5H,3,10H2/t5-/m1/s1. The van der Waals surface area contributed by atoms with Crippen molar-refractivity contribution in [2.24, 2.45) is 5.73 Å². The van der Waals surface area contributed by atoms with Crippen molar-refractivity contribution in [3.63, 3.8) is 0 Å². The maximum Gasteiger partial charge on any atom is 0.278 e. The first-order valence-electron chi connectivity index (χ1n) is 3.96. The van der Waals surface area contributed by atoms with Gasteiger partial charge in [-0.25, -0.2) is 0 Å². The van der Waals surface area contributed by atoms with Crippen LogP contribution in [0.2, 0.25) is 5.02 Å². The van der Waals surface area contributed by atoms with Gasteiger partial charge >= 0.3 is 0 Å². The zero-order valence-corrected chi connectivity index (χ0v) is 7.82. The Balaban J connectivity index is 2.66. The van der Waals surface area contributed by atoms with Gasteiger partial charge < -0.3 is 10.5 Å². The number of halogens is 1. The molecule has 1 heterocycles. The van der Waals surface area contributed by atoms with Crippen molar-refractivity contribution in [3.05, 3.63) is 32.8 Å². The highest BCUT2D eigenvalue weighted by molar-refractivity contribution is 6.32. The highest BCUT2D eigenvalue weighted by atomic mass is 35.5. The fourth-order valence-corrected chi connectivity index (χ4v) is 1.70. The van der Waals surface area contributed by atoms with Crippen LogP contribution in [0.3, 0.4) is 0 Å². The molecule has 5 nitrogen and oxygen atoms in total. The summed E-state index contributed by atoms with van der Waals surface area (Å²) < 4.78 is 5.17. The van der Waals surface area contributed by atoms with E-state index >= 15 is 0 Å². The zero-order valence-electron chi connectivity index (χ0n) is 7.07. The van der Waals surface area contributed by atoms with Crippen LogP contribution >= 0.6 is 11.6 Å². The molecule has 0 radical (unpaired) electrons. The van der Waals surface area contributed by atoms with Crippen LogP contribution in [0.4, 0.5) is 5.69 Å². The molecular formula is C8H7ClN2O3. The molecule has 0 aliphatic carbocycles. The summed E-state index contributed by atoms with van der Waals surface area (Å²) in [5.41, 5.74) is 6.02.